The molecule has 3 rings (SSSR count). The smallest absolute Gasteiger partial charge is 0.255 e. The average Bonchev–Trinajstić information content (AvgIpc) is 3.16. The van der Waals surface area contributed by atoms with Crippen LogP contribution < -0.4 is 19.5 Å². The van der Waals surface area contributed by atoms with Crippen LogP contribution in [-0.4, -0.2) is 30.3 Å². The Morgan fingerprint density at radius 2 is 1.93 bits per heavy atom. The van der Waals surface area contributed by atoms with Crippen LogP contribution in [0, 0.1) is 6.92 Å². The summed E-state index contributed by atoms with van der Waals surface area (Å²) in [5.41, 5.74) is 1.21. The Morgan fingerprint density at radius 3 is 2.62 bits per heavy atom. The van der Waals surface area contributed by atoms with E-state index in [0.717, 1.165) is 5.56 Å². The molecule has 8 heteroatoms. The molecule has 1 heterocycles. The lowest BCUT2D eigenvalue weighted by Crippen LogP contribution is -2.27. The number of benzene rings is 2. The Morgan fingerprint density at radius 1 is 1.14 bits per heavy atom. The van der Waals surface area contributed by atoms with Crippen molar-refractivity contribution in [1.29, 1.82) is 0 Å². The quantitative estimate of drug-likeness (QED) is 0.622. The predicted molar refractivity (Wildman–Crippen MR) is 105 cm³/mol. The van der Waals surface area contributed by atoms with Crippen molar-refractivity contribution in [3.63, 3.8) is 0 Å². The topological polar surface area (TPSA) is 95.7 Å². The van der Waals surface area contributed by atoms with Gasteiger partial charge in [0.05, 0.1) is 25.8 Å². The third kappa shape index (κ3) is 4.84. The van der Waals surface area contributed by atoms with Crippen LogP contribution in [0.4, 0.5) is 0 Å². The second-order valence-corrected chi connectivity index (χ2v) is 6.32. The molecule has 1 atom stereocenters. The second-order valence-electron chi connectivity index (χ2n) is 6.32. The summed E-state index contributed by atoms with van der Waals surface area (Å²) in [6.45, 7) is 3.67. The highest BCUT2D eigenvalue weighted by atomic mass is 16.5. The monoisotopic (exact) mass is 397 g/mol. The fourth-order valence-corrected chi connectivity index (χ4v) is 2.85. The van der Waals surface area contributed by atoms with Gasteiger partial charge in [-0.25, -0.2) is 0 Å². The van der Waals surface area contributed by atoms with Gasteiger partial charge in [-0.15, -0.1) is 0 Å². The molecule has 3 aromatic rings. The van der Waals surface area contributed by atoms with Crippen LogP contribution >= 0.6 is 0 Å². The lowest BCUT2D eigenvalue weighted by atomic mass is 10.1. The normalized spacial score (nSPS) is 11.6. The fourth-order valence-electron chi connectivity index (χ4n) is 2.85. The number of methoxy groups -OCH3 is 2. The van der Waals surface area contributed by atoms with Crippen molar-refractivity contribution in [3.05, 3.63) is 65.3 Å². The molecule has 1 amide bonds. The summed E-state index contributed by atoms with van der Waals surface area (Å²) in [6.07, 6.45) is 0. The molecule has 2 aromatic carbocycles. The first-order valence-electron chi connectivity index (χ1n) is 9.05. The summed E-state index contributed by atoms with van der Waals surface area (Å²) in [6, 6.07) is 12.1. The number of aromatic nitrogens is 2. The Kier molecular flexibility index (Phi) is 6.33. The first-order chi connectivity index (χ1) is 14.0. The van der Waals surface area contributed by atoms with Gasteiger partial charge >= 0.3 is 0 Å². The van der Waals surface area contributed by atoms with E-state index in [4.69, 9.17) is 18.7 Å². The number of nitrogens with one attached hydrogen (secondary N) is 1. The molecule has 152 valence electrons. The van der Waals surface area contributed by atoms with Gasteiger partial charge in [-0.1, -0.05) is 17.3 Å². The van der Waals surface area contributed by atoms with Gasteiger partial charge in [0, 0.05) is 12.5 Å². The number of amides is 1. The first-order valence-corrected chi connectivity index (χ1v) is 9.05. The molecule has 0 aliphatic carbocycles. The molecule has 0 aliphatic heterocycles. The predicted octanol–water partition coefficient (Wildman–Crippen LogP) is 3.47. The molecule has 8 nitrogen and oxygen atoms in total. The summed E-state index contributed by atoms with van der Waals surface area (Å²) in [7, 11) is 3.18. The van der Waals surface area contributed by atoms with Crippen molar-refractivity contribution in [2.24, 2.45) is 0 Å². The van der Waals surface area contributed by atoms with Gasteiger partial charge in [0.15, 0.2) is 6.61 Å². The maximum absolute atomic E-state index is 12.9. The Balaban J connectivity index is 1.75. The zero-order valence-electron chi connectivity index (χ0n) is 16.8. The first kappa shape index (κ1) is 20.2. The highest BCUT2D eigenvalue weighted by molar-refractivity contribution is 5.97. The van der Waals surface area contributed by atoms with E-state index in [0.29, 0.717) is 34.5 Å². The van der Waals surface area contributed by atoms with Crippen LogP contribution in [0.5, 0.6) is 17.2 Å². The molecule has 0 radical (unpaired) electrons. The molecule has 0 fully saturated rings. The lowest BCUT2D eigenvalue weighted by Gasteiger charge is -2.19. The molecule has 0 unspecified atom stereocenters. The van der Waals surface area contributed by atoms with E-state index >= 15 is 0 Å². The van der Waals surface area contributed by atoms with E-state index in [1.807, 2.05) is 13.0 Å². The van der Waals surface area contributed by atoms with E-state index in [1.165, 1.54) is 0 Å². The van der Waals surface area contributed by atoms with Gasteiger partial charge < -0.3 is 24.1 Å². The Bertz CT molecular complexity index is 986. The van der Waals surface area contributed by atoms with Crippen LogP contribution in [0.2, 0.25) is 0 Å². The minimum Gasteiger partial charge on any atom is -0.497 e. The van der Waals surface area contributed by atoms with Crippen molar-refractivity contribution < 1.29 is 23.5 Å². The number of ether oxygens (including phenoxy) is 3. The Hall–Kier alpha value is -3.55. The van der Waals surface area contributed by atoms with Crippen LogP contribution in [0.3, 0.4) is 0 Å². The highest BCUT2D eigenvalue weighted by Gasteiger charge is 2.19. The number of carbonyl (C=O) groups excluding carboxylic acids is 1. The molecular formula is C21H23N3O5. The lowest BCUT2D eigenvalue weighted by molar-refractivity contribution is 0.0934. The highest BCUT2D eigenvalue weighted by Crippen LogP contribution is 2.30. The molecule has 29 heavy (non-hydrogen) atoms. The van der Waals surface area contributed by atoms with Gasteiger partial charge in [0.1, 0.15) is 17.2 Å². The summed E-state index contributed by atoms with van der Waals surface area (Å²) >= 11 is 0. The largest absolute Gasteiger partial charge is 0.497 e. The maximum Gasteiger partial charge on any atom is 0.255 e. The van der Waals surface area contributed by atoms with Crippen molar-refractivity contribution in [3.8, 4) is 17.2 Å². The summed E-state index contributed by atoms with van der Waals surface area (Å²) in [5, 5.41) is 6.77. The number of hydrogen-bond acceptors (Lipinski definition) is 7. The Labute approximate surface area is 168 Å². The van der Waals surface area contributed by atoms with Crippen LogP contribution in [0.1, 0.15) is 40.6 Å². The number of hydrogen-bond donors (Lipinski definition) is 1. The number of carbonyl (C=O) groups is 1. The van der Waals surface area contributed by atoms with Crippen LogP contribution in [0.15, 0.2) is 47.0 Å². The third-order valence-electron chi connectivity index (χ3n) is 4.31. The van der Waals surface area contributed by atoms with E-state index in [2.05, 4.69) is 15.5 Å². The van der Waals surface area contributed by atoms with E-state index in [-0.39, 0.29) is 18.6 Å². The fraction of sp³-hybridized carbons (Fsp3) is 0.286. The molecule has 0 bridgehead atoms. The van der Waals surface area contributed by atoms with Crippen molar-refractivity contribution in [1.82, 2.24) is 15.5 Å². The SMILES string of the molecule is COc1ccc(OC)c([C@H](C)NC(=O)c2ccccc2OCc2noc(C)n2)c1. The number of nitrogens with zero attached hydrogens (tertiary/aromatic N) is 2. The molecule has 0 spiro atoms. The zero-order chi connectivity index (χ0) is 20.8. The molecular weight excluding hydrogens is 374 g/mol. The van der Waals surface area contributed by atoms with E-state index in [9.17, 15) is 4.79 Å². The summed E-state index contributed by atoms with van der Waals surface area (Å²) in [5.74, 6) is 2.36. The minimum atomic E-state index is -0.319. The van der Waals surface area contributed by atoms with Gasteiger partial charge in [-0.05, 0) is 37.3 Å². The molecule has 0 saturated heterocycles. The maximum atomic E-state index is 12.9. The summed E-state index contributed by atoms with van der Waals surface area (Å²) in [4.78, 5) is 17.0. The van der Waals surface area contributed by atoms with Crippen molar-refractivity contribution >= 4 is 5.91 Å². The second kappa shape index (κ2) is 9.09. The zero-order valence-corrected chi connectivity index (χ0v) is 16.8. The van der Waals surface area contributed by atoms with Gasteiger partial charge in [-0.3, -0.25) is 4.79 Å². The summed E-state index contributed by atoms with van der Waals surface area (Å²) < 4.78 is 21.4. The van der Waals surface area contributed by atoms with E-state index in [1.54, 1.807) is 57.5 Å². The van der Waals surface area contributed by atoms with Gasteiger partial charge in [0.2, 0.25) is 11.7 Å². The average molecular weight is 397 g/mol. The van der Waals surface area contributed by atoms with E-state index < -0.39 is 0 Å². The van der Waals surface area contributed by atoms with Crippen molar-refractivity contribution in [2.75, 3.05) is 14.2 Å². The van der Waals surface area contributed by atoms with Crippen molar-refractivity contribution in [2.45, 2.75) is 26.5 Å². The molecule has 1 aromatic heterocycles. The van der Waals surface area contributed by atoms with Gasteiger partial charge in [-0.2, -0.15) is 4.98 Å². The van der Waals surface area contributed by atoms with Gasteiger partial charge in [0.25, 0.3) is 5.91 Å². The number of aryl methyl sites for hydroxylation is 1. The van der Waals surface area contributed by atoms with Crippen LogP contribution in [0.25, 0.3) is 0 Å². The third-order valence-corrected chi connectivity index (χ3v) is 4.31. The molecule has 0 aliphatic rings. The number of rotatable bonds is 8. The van der Waals surface area contributed by atoms with Crippen LogP contribution in [-0.2, 0) is 6.61 Å². The minimum absolute atomic E-state index is 0.0981. The number of para-hydroxylation sites is 1. The standard InChI is InChI=1S/C21H23N3O5/c1-13(17-11-15(26-3)9-10-18(17)27-4)22-21(25)16-7-5-6-8-19(16)28-12-20-23-14(2)29-24-20/h5-11,13H,12H2,1-4H3,(H,22,25)/t13-/m0/s1. The molecule has 1 N–H and O–H groups in total. The molecule has 0 saturated carbocycles.